The van der Waals surface area contributed by atoms with Crippen LogP contribution < -0.4 is 0 Å². The predicted octanol–water partition coefficient (Wildman–Crippen LogP) is 0.884. The second kappa shape index (κ2) is 4.66. The molecule has 1 heterocycles. The molecule has 0 aromatic carbocycles. The highest BCUT2D eigenvalue weighted by Crippen LogP contribution is 2.03. The van der Waals surface area contributed by atoms with Gasteiger partial charge in [0.2, 0.25) is 0 Å². The highest BCUT2D eigenvalue weighted by molar-refractivity contribution is 5.85. The number of methoxy groups -OCH3 is 1. The zero-order valence-corrected chi connectivity index (χ0v) is 8.15. The summed E-state index contributed by atoms with van der Waals surface area (Å²) < 4.78 is 4.84. The number of aromatic carboxylic acids is 1. The lowest BCUT2D eigenvalue weighted by molar-refractivity contribution is 0.0688. The molecular formula is C9H12N2O3. The van der Waals surface area contributed by atoms with Crippen molar-refractivity contribution >= 4 is 5.97 Å². The summed E-state index contributed by atoms with van der Waals surface area (Å²) in [6.07, 6.45) is 0.680. The van der Waals surface area contributed by atoms with E-state index in [0.29, 0.717) is 17.9 Å². The summed E-state index contributed by atoms with van der Waals surface area (Å²) in [7, 11) is 1.52. The van der Waals surface area contributed by atoms with E-state index in [-0.39, 0.29) is 12.3 Å². The van der Waals surface area contributed by atoms with E-state index in [1.54, 1.807) is 0 Å². The van der Waals surface area contributed by atoms with Crippen molar-refractivity contribution in [2.45, 2.75) is 20.0 Å². The van der Waals surface area contributed by atoms with Crippen molar-refractivity contribution in [2.24, 2.45) is 0 Å². The Morgan fingerprint density at radius 1 is 1.57 bits per heavy atom. The average molecular weight is 196 g/mol. The van der Waals surface area contributed by atoms with Gasteiger partial charge in [0.05, 0.1) is 0 Å². The molecule has 0 radical (unpaired) electrons. The number of nitrogens with zero attached hydrogens (tertiary/aromatic N) is 2. The van der Waals surface area contributed by atoms with Crippen LogP contribution in [0.4, 0.5) is 0 Å². The third-order valence-corrected chi connectivity index (χ3v) is 1.68. The fourth-order valence-electron chi connectivity index (χ4n) is 1.04. The molecule has 0 aliphatic heterocycles. The molecule has 0 spiro atoms. The zero-order chi connectivity index (χ0) is 10.6. The number of carbonyl (C=O) groups is 1. The molecule has 0 bridgehead atoms. The molecule has 0 aliphatic rings. The lowest BCUT2D eigenvalue weighted by Gasteiger charge is -2.03. The minimum atomic E-state index is -1.04. The van der Waals surface area contributed by atoms with Gasteiger partial charge in [-0.05, 0) is 12.5 Å². The first-order valence-electron chi connectivity index (χ1n) is 4.26. The molecule has 0 aliphatic carbocycles. The van der Waals surface area contributed by atoms with Crippen LogP contribution in [0.3, 0.4) is 0 Å². The molecule has 0 unspecified atom stereocenters. The molecule has 1 aromatic rings. The summed E-state index contributed by atoms with van der Waals surface area (Å²) in [4.78, 5) is 18.7. The first kappa shape index (κ1) is 10.6. The first-order chi connectivity index (χ1) is 6.67. The lowest BCUT2D eigenvalue weighted by Crippen LogP contribution is -2.08. The summed E-state index contributed by atoms with van der Waals surface area (Å²) >= 11 is 0. The van der Waals surface area contributed by atoms with Crippen molar-refractivity contribution in [3.8, 4) is 0 Å². The van der Waals surface area contributed by atoms with Crippen molar-refractivity contribution in [1.82, 2.24) is 9.97 Å². The molecular weight excluding hydrogens is 184 g/mol. The van der Waals surface area contributed by atoms with Crippen LogP contribution in [0.15, 0.2) is 6.07 Å². The van der Waals surface area contributed by atoms with Crippen molar-refractivity contribution < 1.29 is 14.6 Å². The first-order valence-corrected chi connectivity index (χ1v) is 4.26. The second-order valence-electron chi connectivity index (χ2n) is 2.75. The van der Waals surface area contributed by atoms with E-state index in [1.165, 1.54) is 13.2 Å². The average Bonchev–Trinajstić information content (AvgIpc) is 2.17. The van der Waals surface area contributed by atoms with Crippen LogP contribution in [0.5, 0.6) is 0 Å². The van der Waals surface area contributed by atoms with E-state index in [0.717, 1.165) is 0 Å². The highest BCUT2D eigenvalue weighted by atomic mass is 16.5. The molecule has 1 rings (SSSR count). The summed E-state index contributed by atoms with van der Waals surface area (Å²) in [5, 5.41) is 8.77. The van der Waals surface area contributed by atoms with Crippen LogP contribution in [0.25, 0.3) is 0 Å². The number of ether oxygens (including phenoxy) is 1. The molecule has 5 heteroatoms. The largest absolute Gasteiger partial charge is 0.477 e. The highest BCUT2D eigenvalue weighted by Gasteiger charge is 2.09. The fraction of sp³-hybridized carbons (Fsp3) is 0.444. The van der Waals surface area contributed by atoms with Gasteiger partial charge in [0.1, 0.15) is 6.61 Å². The maximum absolute atomic E-state index is 10.7. The standard InChI is InChI=1S/C9H12N2O3/c1-3-6-4-7(9(12)13)11-8(10-6)5-14-2/h4H,3,5H2,1-2H3,(H,12,13). The summed E-state index contributed by atoms with van der Waals surface area (Å²) in [6, 6.07) is 1.47. The zero-order valence-electron chi connectivity index (χ0n) is 8.15. The van der Waals surface area contributed by atoms with E-state index in [9.17, 15) is 4.79 Å². The van der Waals surface area contributed by atoms with Crippen LogP contribution in [0, 0.1) is 0 Å². The third-order valence-electron chi connectivity index (χ3n) is 1.68. The van der Waals surface area contributed by atoms with Gasteiger partial charge in [0.15, 0.2) is 11.5 Å². The Kier molecular flexibility index (Phi) is 3.53. The van der Waals surface area contributed by atoms with Crippen molar-refractivity contribution in [1.29, 1.82) is 0 Å². The number of aryl methyl sites for hydroxylation is 1. The van der Waals surface area contributed by atoms with E-state index < -0.39 is 5.97 Å². The summed E-state index contributed by atoms with van der Waals surface area (Å²) in [5.74, 6) is -0.635. The number of hydrogen-bond acceptors (Lipinski definition) is 4. The smallest absolute Gasteiger partial charge is 0.354 e. The number of hydrogen-bond donors (Lipinski definition) is 1. The Bertz CT molecular complexity index is 339. The van der Waals surface area contributed by atoms with E-state index in [2.05, 4.69) is 9.97 Å². The topological polar surface area (TPSA) is 72.3 Å². The van der Waals surface area contributed by atoms with Gasteiger partial charge < -0.3 is 9.84 Å². The Morgan fingerprint density at radius 2 is 2.29 bits per heavy atom. The van der Waals surface area contributed by atoms with Crippen molar-refractivity contribution in [3.63, 3.8) is 0 Å². The van der Waals surface area contributed by atoms with Gasteiger partial charge in [-0.1, -0.05) is 6.92 Å². The monoisotopic (exact) mass is 196 g/mol. The molecule has 14 heavy (non-hydrogen) atoms. The SMILES string of the molecule is CCc1cc(C(=O)O)nc(COC)n1. The maximum atomic E-state index is 10.7. The summed E-state index contributed by atoms with van der Waals surface area (Å²) in [6.45, 7) is 2.14. The second-order valence-corrected chi connectivity index (χ2v) is 2.75. The van der Waals surface area contributed by atoms with Crippen molar-refractivity contribution in [2.75, 3.05) is 7.11 Å². The van der Waals surface area contributed by atoms with Gasteiger partial charge >= 0.3 is 5.97 Å². The molecule has 1 aromatic heterocycles. The molecule has 0 amide bonds. The van der Waals surface area contributed by atoms with Gasteiger partial charge in [-0.2, -0.15) is 0 Å². The molecule has 0 saturated carbocycles. The van der Waals surface area contributed by atoms with Crippen LogP contribution in [-0.4, -0.2) is 28.2 Å². The van der Waals surface area contributed by atoms with Crippen LogP contribution in [0.2, 0.25) is 0 Å². The minimum absolute atomic E-state index is 0.0175. The predicted molar refractivity (Wildman–Crippen MR) is 49.1 cm³/mol. The van der Waals surface area contributed by atoms with Crippen LogP contribution in [0.1, 0.15) is 28.9 Å². The number of rotatable bonds is 4. The van der Waals surface area contributed by atoms with Gasteiger partial charge in [-0.25, -0.2) is 14.8 Å². The molecule has 5 nitrogen and oxygen atoms in total. The van der Waals surface area contributed by atoms with E-state index in [1.807, 2.05) is 6.92 Å². The van der Waals surface area contributed by atoms with Crippen LogP contribution >= 0.6 is 0 Å². The number of aromatic nitrogens is 2. The van der Waals surface area contributed by atoms with Crippen LogP contribution in [-0.2, 0) is 17.8 Å². The Labute approximate surface area is 81.8 Å². The number of carboxylic acids is 1. The quantitative estimate of drug-likeness (QED) is 0.774. The molecule has 0 atom stereocenters. The lowest BCUT2D eigenvalue weighted by atomic mass is 10.2. The summed E-state index contributed by atoms with van der Waals surface area (Å²) in [5.41, 5.74) is 0.730. The van der Waals surface area contributed by atoms with Gasteiger partial charge in [0.25, 0.3) is 0 Å². The number of carboxylic acid groups (broad SMARTS) is 1. The van der Waals surface area contributed by atoms with E-state index >= 15 is 0 Å². The molecule has 0 fully saturated rings. The molecule has 0 saturated heterocycles. The maximum Gasteiger partial charge on any atom is 0.354 e. The van der Waals surface area contributed by atoms with Gasteiger partial charge in [-0.15, -0.1) is 0 Å². The van der Waals surface area contributed by atoms with Gasteiger partial charge in [-0.3, -0.25) is 0 Å². The Hall–Kier alpha value is -1.49. The Balaban J connectivity index is 3.06. The molecule has 76 valence electrons. The van der Waals surface area contributed by atoms with E-state index in [4.69, 9.17) is 9.84 Å². The normalized spacial score (nSPS) is 10.1. The molecule has 1 N–H and O–H groups in total. The Morgan fingerprint density at radius 3 is 2.79 bits per heavy atom. The van der Waals surface area contributed by atoms with Crippen molar-refractivity contribution in [3.05, 3.63) is 23.3 Å². The van der Waals surface area contributed by atoms with Gasteiger partial charge in [0, 0.05) is 12.8 Å². The minimum Gasteiger partial charge on any atom is -0.477 e. The fourth-order valence-corrected chi connectivity index (χ4v) is 1.04. The third kappa shape index (κ3) is 2.50.